The van der Waals surface area contributed by atoms with Crippen LogP contribution in [0.25, 0.3) is 0 Å². The molecule has 7 heteroatoms. The second-order valence-electron chi connectivity index (χ2n) is 6.59. The normalized spacial score (nSPS) is 14.4. The molecule has 1 amide bonds. The minimum atomic E-state index is 0.128. The molecule has 2 heterocycles. The van der Waals surface area contributed by atoms with Crippen molar-refractivity contribution in [2.24, 2.45) is 4.99 Å². The van der Waals surface area contributed by atoms with Crippen molar-refractivity contribution in [3.63, 3.8) is 0 Å². The van der Waals surface area contributed by atoms with Gasteiger partial charge in [-0.05, 0) is 25.3 Å². The molecule has 1 aromatic carbocycles. The molecule has 1 aromatic heterocycles. The van der Waals surface area contributed by atoms with E-state index in [1.807, 2.05) is 36.2 Å². The zero-order valence-electron chi connectivity index (χ0n) is 15.9. The van der Waals surface area contributed by atoms with Crippen LogP contribution in [0.2, 0.25) is 0 Å². The third-order valence-electron chi connectivity index (χ3n) is 4.59. The lowest BCUT2D eigenvalue weighted by Crippen LogP contribution is -2.44. The molecule has 0 aliphatic carbocycles. The third-order valence-corrected chi connectivity index (χ3v) is 4.59. The first-order chi connectivity index (χ1) is 13.3. The Kier molecular flexibility index (Phi) is 6.84. The molecule has 3 rings (SSSR count). The fraction of sp³-hybridized carbons (Fsp3) is 0.450. The molecule has 2 aromatic rings. The minimum Gasteiger partial charge on any atom is -0.357 e. The van der Waals surface area contributed by atoms with Gasteiger partial charge >= 0.3 is 0 Å². The Hall–Kier alpha value is -2.83. The smallest absolute Gasteiger partial charge is 0.241 e. The van der Waals surface area contributed by atoms with E-state index < -0.39 is 0 Å². The average molecular weight is 368 g/mol. The van der Waals surface area contributed by atoms with Crippen LogP contribution in [0, 0.1) is 0 Å². The van der Waals surface area contributed by atoms with Crippen LogP contribution in [0.4, 0.5) is 0 Å². The van der Waals surface area contributed by atoms with Gasteiger partial charge in [0.2, 0.25) is 5.91 Å². The molecular weight excluding hydrogens is 340 g/mol. The first-order valence-electron chi connectivity index (χ1n) is 9.60. The molecule has 0 bridgehead atoms. The maximum absolute atomic E-state index is 12.2. The number of carbonyl (C=O) groups is 1. The first kappa shape index (κ1) is 18.9. The number of likely N-dealkylation sites (tertiary alicyclic amines) is 1. The van der Waals surface area contributed by atoms with Gasteiger partial charge in [-0.1, -0.05) is 30.3 Å². The number of aromatic nitrogens is 2. The van der Waals surface area contributed by atoms with Crippen LogP contribution in [-0.4, -0.2) is 52.5 Å². The Bertz CT molecular complexity index is 749. The number of benzene rings is 1. The van der Waals surface area contributed by atoms with Gasteiger partial charge in [-0.25, -0.2) is 9.98 Å². The highest BCUT2D eigenvalue weighted by molar-refractivity contribution is 5.86. The summed E-state index contributed by atoms with van der Waals surface area (Å²) >= 11 is 0. The lowest BCUT2D eigenvalue weighted by molar-refractivity contribution is -0.128. The highest BCUT2D eigenvalue weighted by Crippen LogP contribution is 2.07. The Morgan fingerprint density at radius 2 is 1.96 bits per heavy atom. The highest BCUT2D eigenvalue weighted by atomic mass is 16.2. The number of rotatable bonds is 7. The number of imidazole rings is 1. The van der Waals surface area contributed by atoms with E-state index in [0.29, 0.717) is 12.5 Å². The quantitative estimate of drug-likeness (QED) is 0.575. The fourth-order valence-corrected chi connectivity index (χ4v) is 3.14. The summed E-state index contributed by atoms with van der Waals surface area (Å²) in [6, 6.07) is 10.3. The van der Waals surface area contributed by atoms with E-state index in [4.69, 9.17) is 0 Å². The SMILES string of the molecule is CCNC(=NCc1nccn1Cc1ccccc1)NCC(=O)N1CCCC1. The van der Waals surface area contributed by atoms with Crippen LogP contribution in [0.5, 0.6) is 0 Å². The molecule has 27 heavy (non-hydrogen) atoms. The molecule has 1 aliphatic rings. The van der Waals surface area contributed by atoms with Crippen LogP contribution >= 0.6 is 0 Å². The van der Waals surface area contributed by atoms with Crippen molar-refractivity contribution < 1.29 is 4.79 Å². The van der Waals surface area contributed by atoms with Crippen LogP contribution in [0.3, 0.4) is 0 Å². The van der Waals surface area contributed by atoms with Gasteiger partial charge < -0.3 is 20.1 Å². The average Bonchev–Trinajstić information content (AvgIpc) is 3.37. The molecule has 0 radical (unpaired) electrons. The Labute approximate surface area is 160 Å². The van der Waals surface area contributed by atoms with Crippen molar-refractivity contribution >= 4 is 11.9 Å². The van der Waals surface area contributed by atoms with Gasteiger partial charge in [0.15, 0.2) is 5.96 Å². The summed E-state index contributed by atoms with van der Waals surface area (Å²) in [5.41, 5.74) is 1.22. The van der Waals surface area contributed by atoms with Gasteiger partial charge in [-0.2, -0.15) is 0 Å². The van der Waals surface area contributed by atoms with E-state index in [9.17, 15) is 4.79 Å². The largest absolute Gasteiger partial charge is 0.357 e. The lowest BCUT2D eigenvalue weighted by Gasteiger charge is -2.17. The first-order valence-corrected chi connectivity index (χ1v) is 9.60. The van der Waals surface area contributed by atoms with Crippen LogP contribution in [0.15, 0.2) is 47.7 Å². The molecule has 0 unspecified atom stereocenters. The number of hydrogen-bond acceptors (Lipinski definition) is 3. The van der Waals surface area contributed by atoms with E-state index in [1.54, 1.807) is 6.20 Å². The van der Waals surface area contributed by atoms with Gasteiger partial charge in [0.1, 0.15) is 12.4 Å². The molecule has 7 nitrogen and oxygen atoms in total. The Morgan fingerprint density at radius 1 is 1.19 bits per heavy atom. The molecular formula is C20H28N6O. The number of carbonyl (C=O) groups excluding carboxylic acids is 1. The summed E-state index contributed by atoms with van der Waals surface area (Å²) in [7, 11) is 0. The maximum Gasteiger partial charge on any atom is 0.241 e. The molecule has 0 spiro atoms. The van der Waals surface area contributed by atoms with E-state index in [1.165, 1.54) is 5.56 Å². The van der Waals surface area contributed by atoms with Gasteiger partial charge in [-0.3, -0.25) is 4.79 Å². The van der Waals surface area contributed by atoms with Crippen LogP contribution < -0.4 is 10.6 Å². The Morgan fingerprint density at radius 3 is 2.70 bits per heavy atom. The lowest BCUT2D eigenvalue weighted by atomic mass is 10.2. The molecule has 1 saturated heterocycles. The molecule has 0 saturated carbocycles. The van der Waals surface area contributed by atoms with Crippen molar-refractivity contribution in [2.75, 3.05) is 26.2 Å². The van der Waals surface area contributed by atoms with E-state index in [-0.39, 0.29) is 12.5 Å². The van der Waals surface area contributed by atoms with Crippen molar-refractivity contribution in [3.05, 3.63) is 54.1 Å². The predicted molar refractivity (Wildman–Crippen MR) is 106 cm³/mol. The summed E-state index contributed by atoms with van der Waals surface area (Å²) < 4.78 is 2.10. The van der Waals surface area contributed by atoms with Gasteiger partial charge in [0.05, 0.1) is 6.54 Å². The molecule has 1 aliphatic heterocycles. The summed E-state index contributed by atoms with van der Waals surface area (Å²) in [6.07, 6.45) is 5.97. The monoisotopic (exact) mass is 368 g/mol. The minimum absolute atomic E-state index is 0.128. The summed E-state index contributed by atoms with van der Waals surface area (Å²) in [5.74, 6) is 1.66. The highest BCUT2D eigenvalue weighted by Gasteiger charge is 2.17. The number of aliphatic imine (C=N–C) groups is 1. The van der Waals surface area contributed by atoms with E-state index in [0.717, 1.165) is 44.8 Å². The zero-order chi connectivity index (χ0) is 18.9. The maximum atomic E-state index is 12.2. The summed E-state index contributed by atoms with van der Waals surface area (Å²) in [5, 5.41) is 6.33. The molecule has 2 N–H and O–H groups in total. The fourth-order valence-electron chi connectivity index (χ4n) is 3.14. The Balaban J connectivity index is 1.58. The zero-order valence-corrected chi connectivity index (χ0v) is 15.9. The second-order valence-corrected chi connectivity index (χ2v) is 6.59. The summed E-state index contributed by atoms with van der Waals surface area (Å²) in [6.45, 7) is 5.97. The van der Waals surface area contributed by atoms with E-state index in [2.05, 4.69) is 37.3 Å². The van der Waals surface area contributed by atoms with Crippen molar-refractivity contribution in [1.29, 1.82) is 0 Å². The van der Waals surface area contributed by atoms with Crippen LogP contribution in [-0.2, 0) is 17.9 Å². The predicted octanol–water partition coefficient (Wildman–Crippen LogP) is 1.61. The van der Waals surface area contributed by atoms with Gasteiger partial charge in [-0.15, -0.1) is 0 Å². The van der Waals surface area contributed by atoms with Gasteiger partial charge in [0.25, 0.3) is 0 Å². The van der Waals surface area contributed by atoms with Gasteiger partial charge in [0, 0.05) is 38.6 Å². The molecule has 0 atom stereocenters. The standard InChI is InChI=1S/C20H28N6O/c1-2-21-20(24-15-19(27)25-11-6-7-12-25)23-14-18-22-10-13-26(18)16-17-8-4-3-5-9-17/h3-5,8-10,13H,2,6-7,11-12,14-16H2,1H3,(H2,21,23,24). The second kappa shape index (κ2) is 9.75. The number of guanidine groups is 1. The number of nitrogens with zero attached hydrogens (tertiary/aromatic N) is 4. The molecule has 144 valence electrons. The van der Waals surface area contributed by atoms with Crippen molar-refractivity contribution in [2.45, 2.75) is 32.9 Å². The topological polar surface area (TPSA) is 74.5 Å². The summed E-state index contributed by atoms with van der Waals surface area (Å²) in [4.78, 5) is 23.1. The van der Waals surface area contributed by atoms with E-state index >= 15 is 0 Å². The van der Waals surface area contributed by atoms with Crippen molar-refractivity contribution in [3.8, 4) is 0 Å². The third kappa shape index (κ3) is 5.57. The van der Waals surface area contributed by atoms with Crippen molar-refractivity contribution in [1.82, 2.24) is 25.1 Å². The number of amides is 1. The molecule has 1 fully saturated rings. The van der Waals surface area contributed by atoms with Crippen LogP contribution in [0.1, 0.15) is 31.2 Å². The number of hydrogen-bond donors (Lipinski definition) is 2. The number of nitrogens with one attached hydrogen (secondary N) is 2.